The van der Waals surface area contributed by atoms with Crippen LogP contribution < -0.4 is 24.8 Å². The van der Waals surface area contributed by atoms with Crippen LogP contribution >= 0.6 is 11.3 Å². The summed E-state index contributed by atoms with van der Waals surface area (Å²) in [5.41, 5.74) is 1.11. The van der Waals surface area contributed by atoms with Gasteiger partial charge in [0.25, 0.3) is 5.91 Å². The molecule has 2 N–H and O–H groups in total. The first-order valence-corrected chi connectivity index (χ1v) is 11.7. The number of halogens is 3. The molecule has 13 heteroatoms. The number of aromatic nitrogens is 3. The number of anilines is 2. The van der Waals surface area contributed by atoms with E-state index in [4.69, 9.17) is 14.2 Å². The molecule has 0 saturated heterocycles. The molecule has 2 aliphatic heterocycles. The van der Waals surface area contributed by atoms with Crippen molar-refractivity contribution in [2.45, 2.75) is 24.7 Å². The Labute approximate surface area is 205 Å². The third-order valence-corrected chi connectivity index (χ3v) is 6.97. The molecule has 4 heterocycles. The zero-order valence-corrected chi connectivity index (χ0v) is 19.4. The van der Waals surface area contributed by atoms with Crippen LogP contribution in [0, 0.1) is 0 Å². The van der Waals surface area contributed by atoms with Crippen LogP contribution in [0.2, 0.25) is 0 Å². The summed E-state index contributed by atoms with van der Waals surface area (Å²) in [4.78, 5) is 17.2. The van der Waals surface area contributed by atoms with E-state index in [1.54, 1.807) is 43.5 Å². The largest absolute Gasteiger partial charge is 0.497 e. The normalized spacial score (nSPS) is 18.6. The first kappa shape index (κ1) is 22.5. The van der Waals surface area contributed by atoms with Crippen LogP contribution in [0.15, 0.2) is 42.5 Å². The van der Waals surface area contributed by atoms with Gasteiger partial charge in [0, 0.05) is 12.5 Å². The van der Waals surface area contributed by atoms with E-state index in [9.17, 15) is 18.0 Å². The van der Waals surface area contributed by atoms with E-state index < -0.39 is 24.2 Å². The highest BCUT2D eigenvalue weighted by Crippen LogP contribution is 2.45. The molecule has 0 fully saturated rings. The minimum atomic E-state index is -4.57. The zero-order chi connectivity index (χ0) is 25.0. The average molecular weight is 517 g/mol. The number of amides is 1. The topological polar surface area (TPSA) is 99.5 Å². The molecule has 0 saturated carbocycles. The molecule has 0 aliphatic carbocycles. The highest BCUT2D eigenvalue weighted by molar-refractivity contribution is 7.22. The summed E-state index contributed by atoms with van der Waals surface area (Å²) in [5.74, 6) is 1.09. The number of hydrogen-bond acceptors (Lipinski definition) is 8. The van der Waals surface area contributed by atoms with Gasteiger partial charge < -0.3 is 19.5 Å². The number of nitrogens with one attached hydrogen (secondary N) is 2. The summed E-state index contributed by atoms with van der Waals surface area (Å²) in [5, 5.41) is 10.0. The molecule has 9 nitrogen and oxygen atoms in total. The predicted octanol–water partition coefficient (Wildman–Crippen LogP) is 5.14. The van der Waals surface area contributed by atoms with Crippen LogP contribution in [0.5, 0.6) is 17.2 Å². The van der Waals surface area contributed by atoms with E-state index in [0.29, 0.717) is 33.5 Å². The van der Waals surface area contributed by atoms with Gasteiger partial charge in [0.2, 0.25) is 6.79 Å². The lowest BCUT2D eigenvalue weighted by molar-refractivity contribution is -0.173. The first-order chi connectivity index (χ1) is 17.3. The third-order valence-electron chi connectivity index (χ3n) is 6.04. The molecule has 186 valence electrons. The van der Waals surface area contributed by atoms with Crippen LogP contribution in [-0.2, 0) is 0 Å². The van der Waals surface area contributed by atoms with E-state index in [-0.39, 0.29) is 24.7 Å². The third kappa shape index (κ3) is 3.94. The number of hydrogen-bond donors (Lipinski definition) is 2. The monoisotopic (exact) mass is 517 g/mol. The van der Waals surface area contributed by atoms with Gasteiger partial charge in [-0.1, -0.05) is 17.4 Å². The average Bonchev–Trinajstić information content (AvgIpc) is 3.58. The molecule has 36 heavy (non-hydrogen) atoms. The molecule has 2 aliphatic rings. The van der Waals surface area contributed by atoms with E-state index >= 15 is 0 Å². The van der Waals surface area contributed by atoms with Crippen molar-refractivity contribution < 1.29 is 32.2 Å². The molecule has 0 radical (unpaired) electrons. The molecule has 2 atom stereocenters. The smallest absolute Gasteiger partial charge is 0.410 e. The van der Waals surface area contributed by atoms with Crippen LogP contribution in [0.1, 0.15) is 34.6 Å². The van der Waals surface area contributed by atoms with Gasteiger partial charge in [0.05, 0.1) is 23.4 Å². The standard InChI is InChI=1S/C23H18F3N5O4S/c1-33-12-3-4-13-18(7-12)36-22(28-13)29-21(32)15-9-20-27-14(8-19(23(24,25)26)31(20)30-15)11-2-5-16-17(6-11)35-10-34-16/h2-7,9,14,19,27H,8,10H2,1H3,(H,28,29,32). The summed E-state index contributed by atoms with van der Waals surface area (Å²) >= 11 is 1.22. The number of alkyl halides is 3. The van der Waals surface area contributed by atoms with Crippen molar-refractivity contribution >= 4 is 38.4 Å². The first-order valence-electron chi connectivity index (χ1n) is 10.9. The second kappa shape index (κ2) is 8.29. The van der Waals surface area contributed by atoms with Crippen molar-refractivity contribution in [3.63, 3.8) is 0 Å². The van der Waals surface area contributed by atoms with E-state index in [1.807, 2.05) is 0 Å². The Hall–Kier alpha value is -4.00. The van der Waals surface area contributed by atoms with Crippen molar-refractivity contribution in [1.29, 1.82) is 0 Å². The Bertz CT molecular complexity index is 1480. The lowest BCUT2D eigenvalue weighted by Crippen LogP contribution is -2.35. The number of ether oxygens (including phenoxy) is 3. The fourth-order valence-electron chi connectivity index (χ4n) is 4.28. The van der Waals surface area contributed by atoms with Gasteiger partial charge in [-0.2, -0.15) is 18.3 Å². The summed E-state index contributed by atoms with van der Waals surface area (Å²) in [6, 6.07) is 9.03. The van der Waals surface area contributed by atoms with Gasteiger partial charge in [0.15, 0.2) is 28.4 Å². The SMILES string of the molecule is COc1ccc2nc(NC(=O)c3cc4n(n3)C(C(F)(F)F)CC(c3ccc5c(c3)OCO5)N4)sc2c1. The minimum absolute atomic E-state index is 0.0650. The maximum Gasteiger partial charge on any atom is 0.410 e. The van der Waals surface area contributed by atoms with Crippen LogP contribution in [0.3, 0.4) is 0 Å². The molecule has 2 aromatic carbocycles. The Morgan fingerprint density at radius 1 is 1.19 bits per heavy atom. The van der Waals surface area contributed by atoms with Crippen LogP contribution in [0.4, 0.5) is 24.1 Å². The molecule has 0 spiro atoms. The second-order valence-corrected chi connectivity index (χ2v) is 9.30. The number of rotatable bonds is 4. The number of benzene rings is 2. The van der Waals surface area contributed by atoms with Crippen molar-refractivity contribution in [3.8, 4) is 17.2 Å². The zero-order valence-electron chi connectivity index (χ0n) is 18.6. The Morgan fingerprint density at radius 3 is 2.83 bits per heavy atom. The van der Waals surface area contributed by atoms with Crippen LogP contribution in [-0.4, -0.2) is 40.8 Å². The number of carbonyl (C=O) groups excluding carboxylic acids is 1. The van der Waals surface area contributed by atoms with Gasteiger partial charge in [0.1, 0.15) is 11.6 Å². The molecule has 4 aromatic rings. The van der Waals surface area contributed by atoms with Crippen molar-refractivity contribution in [2.24, 2.45) is 0 Å². The van der Waals surface area contributed by atoms with E-state index in [0.717, 1.165) is 9.38 Å². The van der Waals surface area contributed by atoms with Crippen molar-refractivity contribution in [3.05, 3.63) is 53.7 Å². The number of fused-ring (bicyclic) bond motifs is 3. The number of carbonyl (C=O) groups is 1. The van der Waals surface area contributed by atoms with E-state index in [1.165, 1.54) is 17.4 Å². The van der Waals surface area contributed by atoms with Gasteiger partial charge in [-0.05, 0) is 35.9 Å². The lowest BCUT2D eigenvalue weighted by Gasteiger charge is -2.33. The summed E-state index contributed by atoms with van der Waals surface area (Å²) in [6.07, 6.45) is -4.88. The quantitative estimate of drug-likeness (QED) is 0.387. The van der Waals surface area contributed by atoms with Crippen molar-refractivity contribution in [2.75, 3.05) is 24.5 Å². The van der Waals surface area contributed by atoms with Crippen molar-refractivity contribution in [1.82, 2.24) is 14.8 Å². The molecule has 1 amide bonds. The summed E-state index contributed by atoms with van der Waals surface area (Å²) in [7, 11) is 1.55. The maximum atomic E-state index is 14.0. The Morgan fingerprint density at radius 2 is 2.03 bits per heavy atom. The molecular formula is C23H18F3N5O4S. The minimum Gasteiger partial charge on any atom is -0.497 e. The second-order valence-electron chi connectivity index (χ2n) is 8.27. The molecule has 0 bridgehead atoms. The highest BCUT2D eigenvalue weighted by atomic mass is 32.1. The predicted molar refractivity (Wildman–Crippen MR) is 125 cm³/mol. The van der Waals surface area contributed by atoms with Gasteiger partial charge >= 0.3 is 6.18 Å². The van der Waals surface area contributed by atoms with Gasteiger partial charge in [-0.15, -0.1) is 0 Å². The molecular weight excluding hydrogens is 499 g/mol. The van der Waals surface area contributed by atoms with Gasteiger partial charge in [-0.25, -0.2) is 9.67 Å². The van der Waals surface area contributed by atoms with E-state index in [2.05, 4.69) is 20.7 Å². The number of nitrogens with zero attached hydrogens (tertiary/aromatic N) is 3. The fourth-order valence-corrected chi connectivity index (χ4v) is 5.17. The fraction of sp³-hybridized carbons (Fsp3) is 0.261. The lowest BCUT2D eigenvalue weighted by atomic mass is 9.96. The molecule has 2 unspecified atom stereocenters. The Balaban J connectivity index is 1.28. The summed E-state index contributed by atoms with van der Waals surface area (Å²) in [6.45, 7) is 0.0650. The molecule has 6 rings (SSSR count). The van der Waals surface area contributed by atoms with Crippen LogP contribution in [0.25, 0.3) is 10.2 Å². The highest BCUT2D eigenvalue weighted by Gasteiger charge is 2.47. The number of methoxy groups -OCH3 is 1. The summed E-state index contributed by atoms with van der Waals surface area (Å²) < 4.78 is 59.5. The number of thiazole rings is 1. The van der Waals surface area contributed by atoms with Gasteiger partial charge in [-0.3, -0.25) is 10.1 Å². The Kier molecular flexibility index (Phi) is 5.18. The molecule has 2 aromatic heterocycles. The maximum absolute atomic E-state index is 14.0.